The van der Waals surface area contributed by atoms with Gasteiger partial charge in [-0.2, -0.15) is 4.31 Å². The van der Waals surface area contributed by atoms with Crippen LogP contribution in [-0.2, 0) is 14.8 Å². The van der Waals surface area contributed by atoms with Gasteiger partial charge in [0.1, 0.15) is 6.04 Å². The van der Waals surface area contributed by atoms with Crippen LogP contribution >= 0.6 is 15.9 Å². The first-order chi connectivity index (χ1) is 8.85. The van der Waals surface area contributed by atoms with Crippen molar-refractivity contribution in [3.63, 3.8) is 0 Å². The molecule has 0 bridgehead atoms. The van der Waals surface area contributed by atoms with Crippen molar-refractivity contribution in [2.75, 3.05) is 6.54 Å². The Morgan fingerprint density at radius 3 is 2.79 bits per heavy atom. The van der Waals surface area contributed by atoms with E-state index >= 15 is 0 Å². The lowest BCUT2D eigenvalue weighted by molar-refractivity contribution is -0.140. The Bertz CT molecular complexity index is 614. The fraction of sp³-hybridized carbons (Fsp3) is 0.417. The summed E-state index contributed by atoms with van der Waals surface area (Å²) < 4.78 is 26.7. The van der Waals surface area contributed by atoms with E-state index in [0.717, 1.165) is 9.87 Å². The highest BCUT2D eigenvalue weighted by Crippen LogP contribution is 2.31. The molecule has 2 rings (SSSR count). The normalized spacial score (nSPS) is 20.6. The van der Waals surface area contributed by atoms with Crippen LogP contribution in [0, 0.1) is 6.92 Å². The fourth-order valence-electron chi connectivity index (χ4n) is 2.22. The number of rotatable bonds is 3. The number of sulfonamides is 1. The molecule has 1 aliphatic heterocycles. The summed E-state index contributed by atoms with van der Waals surface area (Å²) in [6.07, 6.45) is 0.928. The number of benzene rings is 1. The second-order valence-corrected chi connectivity index (χ2v) is 7.15. The molecule has 1 unspecified atom stereocenters. The van der Waals surface area contributed by atoms with Crippen LogP contribution in [0.5, 0.6) is 0 Å². The highest BCUT2D eigenvalue weighted by atomic mass is 79.9. The molecule has 1 atom stereocenters. The van der Waals surface area contributed by atoms with E-state index in [1.165, 1.54) is 6.07 Å². The van der Waals surface area contributed by atoms with Crippen molar-refractivity contribution in [2.45, 2.75) is 30.7 Å². The maximum atomic E-state index is 12.6. The number of carboxylic acid groups (broad SMARTS) is 1. The van der Waals surface area contributed by atoms with Gasteiger partial charge in [0.2, 0.25) is 10.0 Å². The van der Waals surface area contributed by atoms with E-state index < -0.39 is 22.0 Å². The molecular formula is C12H14BrNO4S. The predicted molar refractivity (Wildman–Crippen MR) is 73.4 cm³/mol. The molecule has 0 amide bonds. The SMILES string of the molecule is Cc1cccc(S(=O)(=O)N2CCCC2C(=O)O)c1Br. The molecule has 104 valence electrons. The summed E-state index contributed by atoms with van der Waals surface area (Å²) in [4.78, 5) is 11.2. The Morgan fingerprint density at radius 2 is 2.16 bits per heavy atom. The number of carboxylic acids is 1. The monoisotopic (exact) mass is 347 g/mol. The van der Waals surface area contributed by atoms with Crippen molar-refractivity contribution in [2.24, 2.45) is 0 Å². The first-order valence-corrected chi connectivity index (χ1v) is 8.09. The minimum Gasteiger partial charge on any atom is -0.480 e. The number of hydrogen-bond acceptors (Lipinski definition) is 3. The highest BCUT2D eigenvalue weighted by molar-refractivity contribution is 9.10. The third-order valence-corrected chi connectivity index (χ3v) is 6.50. The number of halogens is 1. The fourth-order valence-corrected chi connectivity index (χ4v) is 4.89. The molecule has 1 fully saturated rings. The zero-order valence-corrected chi connectivity index (χ0v) is 12.7. The first kappa shape index (κ1) is 14.5. The van der Waals surface area contributed by atoms with Crippen molar-refractivity contribution in [3.8, 4) is 0 Å². The van der Waals surface area contributed by atoms with E-state index in [-0.39, 0.29) is 11.4 Å². The summed E-state index contributed by atoms with van der Waals surface area (Å²) >= 11 is 3.27. The molecule has 1 aromatic carbocycles. The van der Waals surface area contributed by atoms with Crippen LogP contribution in [0.25, 0.3) is 0 Å². The molecule has 0 aliphatic carbocycles. The van der Waals surface area contributed by atoms with E-state index in [1.807, 2.05) is 0 Å². The van der Waals surface area contributed by atoms with Crippen LogP contribution in [0.2, 0.25) is 0 Å². The number of carbonyl (C=O) groups is 1. The van der Waals surface area contributed by atoms with E-state index in [2.05, 4.69) is 15.9 Å². The van der Waals surface area contributed by atoms with E-state index in [1.54, 1.807) is 19.1 Å². The van der Waals surface area contributed by atoms with E-state index in [0.29, 0.717) is 17.3 Å². The summed E-state index contributed by atoms with van der Waals surface area (Å²) in [5, 5.41) is 9.10. The maximum Gasteiger partial charge on any atom is 0.322 e. The van der Waals surface area contributed by atoms with Gasteiger partial charge in [0, 0.05) is 11.0 Å². The van der Waals surface area contributed by atoms with Crippen LogP contribution < -0.4 is 0 Å². The van der Waals surface area contributed by atoms with Crippen molar-refractivity contribution >= 4 is 31.9 Å². The standard InChI is InChI=1S/C12H14BrNO4S/c1-8-4-2-6-10(11(8)13)19(17,18)14-7-3-5-9(14)12(15)16/h2,4,6,9H,3,5,7H2,1H3,(H,15,16). The van der Waals surface area contributed by atoms with Crippen LogP contribution in [0.4, 0.5) is 0 Å². The molecule has 1 N–H and O–H groups in total. The lowest BCUT2D eigenvalue weighted by Gasteiger charge is -2.22. The van der Waals surface area contributed by atoms with Crippen molar-refractivity contribution in [1.29, 1.82) is 0 Å². The van der Waals surface area contributed by atoms with E-state index in [9.17, 15) is 13.2 Å². The molecule has 0 saturated carbocycles. The van der Waals surface area contributed by atoms with Gasteiger partial charge in [-0.15, -0.1) is 0 Å². The number of aliphatic carboxylic acids is 1. The maximum absolute atomic E-state index is 12.6. The third-order valence-electron chi connectivity index (χ3n) is 3.23. The van der Waals surface area contributed by atoms with Gasteiger partial charge in [-0.25, -0.2) is 8.42 Å². The van der Waals surface area contributed by atoms with Gasteiger partial charge in [-0.1, -0.05) is 12.1 Å². The Hall–Kier alpha value is -0.920. The zero-order chi connectivity index (χ0) is 14.2. The van der Waals surface area contributed by atoms with Crippen LogP contribution in [-0.4, -0.2) is 36.4 Å². The molecule has 5 nitrogen and oxygen atoms in total. The molecule has 1 heterocycles. The van der Waals surface area contributed by atoms with Gasteiger partial charge in [-0.05, 0) is 47.3 Å². The second kappa shape index (κ2) is 5.22. The smallest absolute Gasteiger partial charge is 0.322 e. The summed E-state index contributed by atoms with van der Waals surface area (Å²) in [6, 6.07) is 3.97. The minimum atomic E-state index is -3.78. The Labute approximate surface area is 120 Å². The Balaban J connectivity index is 2.48. The van der Waals surface area contributed by atoms with Gasteiger partial charge in [0.25, 0.3) is 0 Å². The van der Waals surface area contributed by atoms with Gasteiger partial charge in [0.15, 0.2) is 0 Å². The molecule has 7 heteroatoms. The molecule has 1 aromatic rings. The average Bonchev–Trinajstić information content (AvgIpc) is 2.82. The van der Waals surface area contributed by atoms with Crippen molar-refractivity contribution in [1.82, 2.24) is 4.31 Å². The molecule has 0 spiro atoms. The van der Waals surface area contributed by atoms with Crippen LogP contribution in [0.15, 0.2) is 27.6 Å². The van der Waals surface area contributed by atoms with Crippen LogP contribution in [0.1, 0.15) is 18.4 Å². The zero-order valence-electron chi connectivity index (χ0n) is 10.3. The highest BCUT2D eigenvalue weighted by Gasteiger charge is 2.40. The topological polar surface area (TPSA) is 74.7 Å². The summed E-state index contributed by atoms with van der Waals surface area (Å²) in [5.41, 5.74) is 0.798. The van der Waals surface area contributed by atoms with Crippen LogP contribution in [0.3, 0.4) is 0 Å². The van der Waals surface area contributed by atoms with Gasteiger partial charge < -0.3 is 5.11 Å². The molecule has 0 aromatic heterocycles. The van der Waals surface area contributed by atoms with Gasteiger partial charge >= 0.3 is 5.97 Å². The summed E-state index contributed by atoms with van der Waals surface area (Å²) in [7, 11) is -3.78. The minimum absolute atomic E-state index is 0.126. The lowest BCUT2D eigenvalue weighted by atomic mass is 10.2. The largest absolute Gasteiger partial charge is 0.480 e. The summed E-state index contributed by atoms with van der Waals surface area (Å²) in [5.74, 6) is -1.09. The molecule has 0 radical (unpaired) electrons. The number of hydrogen-bond donors (Lipinski definition) is 1. The molecule has 1 aliphatic rings. The van der Waals surface area contributed by atoms with Crippen molar-refractivity contribution < 1.29 is 18.3 Å². The Kier molecular flexibility index (Phi) is 3.98. The average molecular weight is 348 g/mol. The lowest BCUT2D eigenvalue weighted by Crippen LogP contribution is -2.40. The first-order valence-electron chi connectivity index (χ1n) is 5.85. The third kappa shape index (κ3) is 2.54. The summed E-state index contributed by atoms with van der Waals surface area (Å²) in [6.45, 7) is 2.04. The Morgan fingerprint density at radius 1 is 1.47 bits per heavy atom. The number of aryl methyl sites for hydroxylation is 1. The van der Waals surface area contributed by atoms with Gasteiger partial charge in [0.05, 0.1) is 4.90 Å². The molecular weight excluding hydrogens is 334 g/mol. The van der Waals surface area contributed by atoms with E-state index in [4.69, 9.17) is 5.11 Å². The number of nitrogens with zero attached hydrogens (tertiary/aromatic N) is 1. The second-order valence-electron chi connectivity index (χ2n) is 4.50. The predicted octanol–water partition coefficient (Wildman–Crippen LogP) is 2.00. The van der Waals surface area contributed by atoms with Crippen molar-refractivity contribution in [3.05, 3.63) is 28.2 Å². The molecule has 1 saturated heterocycles. The van der Waals surface area contributed by atoms with Gasteiger partial charge in [-0.3, -0.25) is 4.79 Å². The quantitative estimate of drug-likeness (QED) is 0.907. The molecule has 19 heavy (non-hydrogen) atoms.